The summed E-state index contributed by atoms with van der Waals surface area (Å²) >= 11 is 0. The van der Waals surface area contributed by atoms with Gasteiger partial charge in [0, 0.05) is 13.1 Å². The zero-order chi connectivity index (χ0) is 9.31. The summed E-state index contributed by atoms with van der Waals surface area (Å²) in [5, 5.41) is 13.0. The number of likely N-dealkylation sites (tertiary alicyclic amines) is 1. The first-order valence-electron chi connectivity index (χ1n) is 5.39. The van der Waals surface area contributed by atoms with Gasteiger partial charge in [-0.25, -0.2) is 0 Å². The lowest BCUT2D eigenvalue weighted by Gasteiger charge is -2.54. The van der Waals surface area contributed by atoms with E-state index < -0.39 is 0 Å². The van der Waals surface area contributed by atoms with Crippen LogP contribution in [-0.2, 0) is 0 Å². The highest BCUT2D eigenvalue weighted by Crippen LogP contribution is 2.39. The van der Waals surface area contributed by atoms with E-state index in [1.165, 1.54) is 12.8 Å². The molecule has 76 valence electrons. The van der Waals surface area contributed by atoms with Crippen molar-refractivity contribution in [2.24, 2.45) is 5.41 Å². The molecule has 2 saturated heterocycles. The minimum atomic E-state index is -0.194. The van der Waals surface area contributed by atoms with Crippen molar-refractivity contribution in [1.29, 1.82) is 0 Å². The summed E-state index contributed by atoms with van der Waals surface area (Å²) in [6, 6.07) is 0. The Morgan fingerprint density at radius 1 is 1.38 bits per heavy atom. The van der Waals surface area contributed by atoms with Gasteiger partial charge in [-0.05, 0) is 37.8 Å². The fourth-order valence-electron chi connectivity index (χ4n) is 2.56. The number of hydrogen-bond donors (Lipinski definition) is 2. The summed E-state index contributed by atoms with van der Waals surface area (Å²) in [5.41, 5.74) is 0.557. The zero-order valence-electron chi connectivity index (χ0n) is 8.42. The highest BCUT2D eigenvalue weighted by Gasteiger charge is 2.44. The third-order valence-corrected chi connectivity index (χ3v) is 3.53. The van der Waals surface area contributed by atoms with Crippen LogP contribution >= 0.6 is 0 Å². The average Bonchev–Trinajstić information content (AvgIpc) is 2.14. The molecule has 13 heavy (non-hydrogen) atoms. The maximum atomic E-state index is 9.60. The Morgan fingerprint density at radius 2 is 2.00 bits per heavy atom. The van der Waals surface area contributed by atoms with Gasteiger partial charge in [0.15, 0.2) is 0 Å². The van der Waals surface area contributed by atoms with E-state index in [-0.39, 0.29) is 6.23 Å². The normalized spacial score (nSPS) is 30.0. The number of aliphatic hydroxyl groups excluding tert-OH is 1. The third-order valence-electron chi connectivity index (χ3n) is 3.53. The molecule has 0 aromatic rings. The largest absolute Gasteiger partial charge is 0.378 e. The second-order valence-electron chi connectivity index (χ2n) is 4.54. The van der Waals surface area contributed by atoms with Gasteiger partial charge in [-0.3, -0.25) is 4.90 Å². The molecule has 2 aliphatic heterocycles. The quantitative estimate of drug-likeness (QED) is 0.652. The highest BCUT2D eigenvalue weighted by atomic mass is 16.3. The summed E-state index contributed by atoms with van der Waals surface area (Å²) < 4.78 is 0. The zero-order valence-corrected chi connectivity index (χ0v) is 8.42. The summed E-state index contributed by atoms with van der Waals surface area (Å²) in [6.07, 6.45) is 3.24. The topological polar surface area (TPSA) is 35.5 Å². The van der Waals surface area contributed by atoms with Gasteiger partial charge < -0.3 is 10.4 Å². The van der Waals surface area contributed by atoms with Crippen LogP contribution in [-0.4, -0.2) is 42.4 Å². The van der Waals surface area contributed by atoms with Crippen molar-refractivity contribution in [3.8, 4) is 0 Å². The number of rotatable bonds is 2. The Kier molecular flexibility index (Phi) is 2.58. The number of hydrogen-bond acceptors (Lipinski definition) is 3. The molecule has 1 unspecified atom stereocenters. The van der Waals surface area contributed by atoms with Gasteiger partial charge >= 0.3 is 0 Å². The number of aliphatic hydroxyl groups is 1. The molecular weight excluding hydrogens is 164 g/mol. The van der Waals surface area contributed by atoms with Gasteiger partial charge in [-0.15, -0.1) is 0 Å². The molecule has 0 bridgehead atoms. The molecule has 3 nitrogen and oxygen atoms in total. The molecular formula is C10H20N2O. The molecule has 2 N–H and O–H groups in total. The monoisotopic (exact) mass is 184 g/mol. The maximum Gasteiger partial charge on any atom is 0.107 e. The molecule has 0 aromatic heterocycles. The number of piperidine rings is 1. The first kappa shape index (κ1) is 9.44. The van der Waals surface area contributed by atoms with E-state index in [4.69, 9.17) is 0 Å². The Labute approximate surface area is 80.1 Å². The average molecular weight is 184 g/mol. The van der Waals surface area contributed by atoms with Gasteiger partial charge in [-0.2, -0.15) is 0 Å². The van der Waals surface area contributed by atoms with Crippen LogP contribution in [0.3, 0.4) is 0 Å². The fraction of sp³-hybridized carbons (Fsp3) is 1.00. The minimum absolute atomic E-state index is 0.194. The van der Waals surface area contributed by atoms with Crippen molar-refractivity contribution in [1.82, 2.24) is 10.2 Å². The summed E-state index contributed by atoms with van der Waals surface area (Å²) in [7, 11) is 0. The maximum absolute atomic E-state index is 9.60. The lowest BCUT2D eigenvalue weighted by Crippen LogP contribution is -2.62. The van der Waals surface area contributed by atoms with Crippen molar-refractivity contribution < 1.29 is 5.11 Å². The van der Waals surface area contributed by atoms with Crippen LogP contribution in [0.5, 0.6) is 0 Å². The molecule has 3 heteroatoms. The van der Waals surface area contributed by atoms with Crippen molar-refractivity contribution in [2.75, 3.05) is 26.2 Å². The van der Waals surface area contributed by atoms with Crippen LogP contribution < -0.4 is 5.32 Å². The van der Waals surface area contributed by atoms with Crippen LogP contribution in [0.25, 0.3) is 0 Å². The Hall–Kier alpha value is -0.120. The van der Waals surface area contributed by atoms with E-state index >= 15 is 0 Å². The molecule has 2 fully saturated rings. The molecule has 0 amide bonds. The van der Waals surface area contributed by atoms with E-state index in [0.29, 0.717) is 5.41 Å². The second kappa shape index (κ2) is 3.56. The van der Waals surface area contributed by atoms with E-state index in [1.807, 2.05) is 6.92 Å². The smallest absolute Gasteiger partial charge is 0.107 e. The lowest BCUT2D eigenvalue weighted by atomic mass is 9.72. The molecule has 0 radical (unpaired) electrons. The summed E-state index contributed by atoms with van der Waals surface area (Å²) in [4.78, 5) is 2.20. The summed E-state index contributed by atoms with van der Waals surface area (Å²) in [6.45, 7) is 6.59. The van der Waals surface area contributed by atoms with Crippen LogP contribution in [0.1, 0.15) is 26.2 Å². The van der Waals surface area contributed by atoms with E-state index in [9.17, 15) is 5.11 Å². The van der Waals surface area contributed by atoms with E-state index in [2.05, 4.69) is 10.2 Å². The number of nitrogens with zero attached hydrogens (tertiary/aromatic N) is 1. The molecule has 2 heterocycles. The fourth-order valence-corrected chi connectivity index (χ4v) is 2.56. The molecule has 1 atom stereocenters. The predicted molar refractivity (Wildman–Crippen MR) is 52.4 cm³/mol. The van der Waals surface area contributed by atoms with Crippen molar-refractivity contribution in [3.05, 3.63) is 0 Å². The second-order valence-corrected chi connectivity index (χ2v) is 4.54. The van der Waals surface area contributed by atoms with Crippen molar-refractivity contribution in [3.63, 3.8) is 0 Å². The predicted octanol–water partition coefficient (Wildman–Crippen LogP) is 0.400. The van der Waals surface area contributed by atoms with Gasteiger partial charge in [0.1, 0.15) is 6.23 Å². The van der Waals surface area contributed by atoms with Gasteiger partial charge in [-0.1, -0.05) is 6.92 Å². The van der Waals surface area contributed by atoms with Gasteiger partial charge in [0.2, 0.25) is 0 Å². The first-order valence-corrected chi connectivity index (χ1v) is 5.39. The number of nitrogens with one attached hydrogen (secondary N) is 1. The standard InChI is InChI=1S/C10H20N2O/c1-2-9(13)12-7-10(8-12)3-5-11-6-4-10/h9,11,13H,2-8H2,1H3. The molecule has 0 aliphatic carbocycles. The molecule has 1 spiro atoms. The van der Waals surface area contributed by atoms with E-state index in [0.717, 1.165) is 32.6 Å². The minimum Gasteiger partial charge on any atom is -0.378 e. The summed E-state index contributed by atoms with van der Waals surface area (Å²) in [5.74, 6) is 0. The Balaban J connectivity index is 1.81. The van der Waals surface area contributed by atoms with Crippen LogP contribution in [0.15, 0.2) is 0 Å². The van der Waals surface area contributed by atoms with Crippen LogP contribution in [0, 0.1) is 5.41 Å². The Bertz CT molecular complexity index is 170. The first-order chi connectivity index (χ1) is 6.26. The third kappa shape index (κ3) is 1.73. The lowest BCUT2D eigenvalue weighted by molar-refractivity contribution is -0.121. The molecule has 2 aliphatic rings. The molecule has 2 rings (SSSR count). The Morgan fingerprint density at radius 3 is 2.54 bits per heavy atom. The van der Waals surface area contributed by atoms with Crippen molar-refractivity contribution >= 4 is 0 Å². The van der Waals surface area contributed by atoms with Crippen LogP contribution in [0.4, 0.5) is 0 Å². The van der Waals surface area contributed by atoms with Gasteiger partial charge in [0.05, 0.1) is 0 Å². The molecule has 0 saturated carbocycles. The van der Waals surface area contributed by atoms with Crippen LogP contribution in [0.2, 0.25) is 0 Å². The SMILES string of the molecule is CCC(O)N1CC2(CCNCC2)C1. The highest BCUT2D eigenvalue weighted by molar-refractivity contribution is 4.97. The van der Waals surface area contributed by atoms with Gasteiger partial charge in [0.25, 0.3) is 0 Å². The molecule has 0 aromatic carbocycles. The van der Waals surface area contributed by atoms with E-state index in [1.54, 1.807) is 0 Å². The van der Waals surface area contributed by atoms with Crippen molar-refractivity contribution in [2.45, 2.75) is 32.4 Å².